The number of hydrogen-bond donors (Lipinski definition) is 4. The number of nitrogens with zero attached hydrogens (tertiary/aromatic N) is 2. The van der Waals surface area contributed by atoms with E-state index in [1.165, 1.54) is 4.90 Å². The van der Waals surface area contributed by atoms with E-state index in [0.29, 0.717) is 48.0 Å². The van der Waals surface area contributed by atoms with Crippen LogP contribution in [0.4, 0.5) is 0 Å². The summed E-state index contributed by atoms with van der Waals surface area (Å²) in [5, 5.41) is 3.12. The van der Waals surface area contributed by atoms with Crippen LogP contribution in [0, 0.1) is 0 Å². The third-order valence-corrected chi connectivity index (χ3v) is 6.72. The summed E-state index contributed by atoms with van der Waals surface area (Å²) in [6.07, 6.45) is 3.76. The second kappa shape index (κ2) is 16.4. The standard InChI is InChI=1S/C30H37ClN6O4/c31-24-10-4-8-22(29(24)41-23-9-5-15-35-20-23)18-27(38)26(12-11-21-6-2-1-3-7-21)36-30(40)25(34)19-28(39)37(16-13-32)17-14-33/h1-10,15,20,25-26H,11-14,16-19,32-34H2,(H,36,40)/t25-,26-/m0/s1. The number of aryl methyl sites for hydroxylation is 1. The van der Waals surface area contributed by atoms with E-state index in [1.54, 1.807) is 42.7 Å². The molecule has 3 rings (SSSR count). The molecule has 2 aromatic carbocycles. The zero-order chi connectivity index (χ0) is 29.6. The van der Waals surface area contributed by atoms with Gasteiger partial charge in [-0.3, -0.25) is 19.4 Å². The fourth-order valence-electron chi connectivity index (χ4n) is 4.27. The average molecular weight is 581 g/mol. The molecule has 0 radical (unpaired) electrons. The van der Waals surface area contributed by atoms with Crippen LogP contribution in [0.15, 0.2) is 73.1 Å². The summed E-state index contributed by atoms with van der Waals surface area (Å²) in [6, 6.07) is 16.2. The Balaban J connectivity index is 1.76. The highest BCUT2D eigenvalue weighted by Crippen LogP contribution is 2.33. The van der Waals surface area contributed by atoms with Gasteiger partial charge >= 0.3 is 0 Å². The molecule has 10 nitrogen and oxygen atoms in total. The van der Waals surface area contributed by atoms with Gasteiger partial charge in [-0.15, -0.1) is 0 Å². The molecular weight excluding hydrogens is 544 g/mol. The number of ether oxygens (including phenoxy) is 1. The summed E-state index contributed by atoms with van der Waals surface area (Å²) in [5.41, 5.74) is 18.9. The van der Waals surface area contributed by atoms with Crippen molar-refractivity contribution in [2.45, 2.75) is 37.8 Å². The molecule has 41 heavy (non-hydrogen) atoms. The normalized spacial score (nSPS) is 12.3. The molecule has 0 aliphatic heterocycles. The van der Waals surface area contributed by atoms with Gasteiger partial charge in [-0.1, -0.05) is 54.1 Å². The third-order valence-electron chi connectivity index (χ3n) is 6.42. The van der Waals surface area contributed by atoms with Crippen LogP contribution < -0.4 is 27.3 Å². The number of aromatic nitrogens is 1. The molecule has 0 aliphatic carbocycles. The molecule has 7 N–H and O–H groups in total. The second-order valence-corrected chi connectivity index (χ2v) is 9.92. The van der Waals surface area contributed by atoms with Crippen molar-refractivity contribution in [2.75, 3.05) is 26.2 Å². The van der Waals surface area contributed by atoms with E-state index in [-0.39, 0.29) is 37.6 Å². The predicted octanol–water partition coefficient (Wildman–Crippen LogP) is 2.22. The Morgan fingerprint density at radius 3 is 2.37 bits per heavy atom. The van der Waals surface area contributed by atoms with Gasteiger partial charge in [0.15, 0.2) is 5.78 Å². The van der Waals surface area contributed by atoms with Crippen molar-refractivity contribution in [3.63, 3.8) is 0 Å². The number of carbonyl (C=O) groups is 3. The lowest BCUT2D eigenvalue weighted by Gasteiger charge is -2.24. The third kappa shape index (κ3) is 9.94. The number of hydrogen-bond acceptors (Lipinski definition) is 8. The van der Waals surface area contributed by atoms with Crippen molar-refractivity contribution >= 4 is 29.2 Å². The van der Waals surface area contributed by atoms with Crippen molar-refractivity contribution in [2.24, 2.45) is 17.2 Å². The number of halogens is 1. The van der Waals surface area contributed by atoms with Gasteiger partial charge in [-0.2, -0.15) is 0 Å². The second-order valence-electron chi connectivity index (χ2n) is 9.52. The molecule has 0 spiro atoms. The lowest BCUT2D eigenvalue weighted by molar-refractivity contribution is -0.134. The summed E-state index contributed by atoms with van der Waals surface area (Å²) >= 11 is 6.43. The topological polar surface area (TPSA) is 167 Å². The molecule has 11 heteroatoms. The van der Waals surface area contributed by atoms with E-state index in [4.69, 9.17) is 33.5 Å². The molecule has 1 aromatic heterocycles. The summed E-state index contributed by atoms with van der Waals surface area (Å²) < 4.78 is 5.96. The zero-order valence-corrected chi connectivity index (χ0v) is 23.6. The number of benzene rings is 2. The number of rotatable bonds is 16. The van der Waals surface area contributed by atoms with Crippen molar-refractivity contribution in [3.05, 3.63) is 89.2 Å². The Labute approximate surface area is 245 Å². The van der Waals surface area contributed by atoms with Crippen molar-refractivity contribution in [1.29, 1.82) is 0 Å². The smallest absolute Gasteiger partial charge is 0.238 e. The Morgan fingerprint density at radius 1 is 0.976 bits per heavy atom. The van der Waals surface area contributed by atoms with Crippen LogP contribution in [-0.4, -0.2) is 65.7 Å². The SMILES string of the molecule is NCCN(CCN)C(=O)C[C@H](N)C(=O)N[C@@H](CCc1ccccc1)C(=O)Cc1cccc(Cl)c1Oc1cccnc1. The molecule has 1 heterocycles. The minimum atomic E-state index is -1.15. The summed E-state index contributed by atoms with van der Waals surface area (Å²) in [5.74, 6) is -0.364. The fourth-order valence-corrected chi connectivity index (χ4v) is 4.51. The van der Waals surface area contributed by atoms with Gasteiger partial charge in [0.2, 0.25) is 11.8 Å². The van der Waals surface area contributed by atoms with Crippen LogP contribution in [0.3, 0.4) is 0 Å². The number of para-hydroxylation sites is 1. The Morgan fingerprint density at radius 2 is 1.71 bits per heavy atom. The highest BCUT2D eigenvalue weighted by Gasteiger charge is 2.27. The Kier molecular flexibility index (Phi) is 12.7. The molecule has 2 atom stereocenters. The predicted molar refractivity (Wildman–Crippen MR) is 158 cm³/mol. The van der Waals surface area contributed by atoms with E-state index in [0.717, 1.165) is 5.56 Å². The number of nitrogens with one attached hydrogen (secondary N) is 1. The van der Waals surface area contributed by atoms with E-state index in [1.807, 2.05) is 30.3 Å². The molecule has 3 aromatic rings. The molecule has 0 fully saturated rings. The van der Waals surface area contributed by atoms with Crippen LogP contribution in [0.1, 0.15) is 24.0 Å². The van der Waals surface area contributed by atoms with Gasteiger partial charge < -0.3 is 32.2 Å². The average Bonchev–Trinajstić information content (AvgIpc) is 2.97. The van der Waals surface area contributed by atoms with Gasteiger partial charge in [0.25, 0.3) is 0 Å². The minimum Gasteiger partial charge on any atom is -0.454 e. The molecular formula is C30H37ClN6O4. The quantitative estimate of drug-likeness (QED) is 0.200. The Hall–Kier alpha value is -3.83. The molecule has 0 bridgehead atoms. The largest absolute Gasteiger partial charge is 0.454 e. The molecule has 0 saturated heterocycles. The van der Waals surface area contributed by atoms with Gasteiger partial charge in [-0.25, -0.2) is 0 Å². The number of amides is 2. The maximum atomic E-state index is 13.6. The lowest BCUT2D eigenvalue weighted by atomic mass is 9.97. The van der Waals surface area contributed by atoms with Gasteiger partial charge in [-0.05, 0) is 36.6 Å². The molecule has 0 saturated carbocycles. The first-order valence-electron chi connectivity index (χ1n) is 13.5. The minimum absolute atomic E-state index is 0.0508. The van der Waals surface area contributed by atoms with Gasteiger partial charge in [0.1, 0.15) is 11.5 Å². The summed E-state index contributed by atoms with van der Waals surface area (Å²) in [4.78, 5) is 45.0. The summed E-state index contributed by atoms with van der Waals surface area (Å²) in [7, 11) is 0. The van der Waals surface area contributed by atoms with Crippen LogP contribution in [0.2, 0.25) is 5.02 Å². The zero-order valence-electron chi connectivity index (χ0n) is 22.9. The van der Waals surface area contributed by atoms with Crippen LogP contribution >= 0.6 is 11.6 Å². The number of carbonyl (C=O) groups excluding carboxylic acids is 3. The maximum Gasteiger partial charge on any atom is 0.238 e. The van der Waals surface area contributed by atoms with E-state index >= 15 is 0 Å². The number of pyridine rings is 1. The molecule has 218 valence electrons. The molecule has 0 unspecified atom stereocenters. The van der Waals surface area contributed by atoms with Crippen molar-refractivity contribution in [1.82, 2.24) is 15.2 Å². The van der Waals surface area contributed by atoms with E-state index in [2.05, 4.69) is 10.3 Å². The maximum absolute atomic E-state index is 13.6. The first kappa shape index (κ1) is 31.7. The highest BCUT2D eigenvalue weighted by molar-refractivity contribution is 6.32. The summed E-state index contributed by atoms with van der Waals surface area (Å²) in [6.45, 7) is 1.15. The monoisotopic (exact) mass is 580 g/mol. The van der Waals surface area contributed by atoms with Gasteiger partial charge in [0, 0.05) is 44.4 Å². The Bertz CT molecular complexity index is 1270. The van der Waals surface area contributed by atoms with Crippen LogP contribution in [-0.2, 0) is 27.2 Å². The molecule has 0 aliphatic rings. The number of ketones is 1. The molecule has 2 amide bonds. The number of nitrogens with two attached hydrogens (primary N) is 3. The lowest BCUT2D eigenvalue weighted by Crippen LogP contribution is -2.51. The van der Waals surface area contributed by atoms with Gasteiger partial charge in [0.05, 0.1) is 29.7 Å². The van der Waals surface area contributed by atoms with Crippen molar-refractivity contribution < 1.29 is 19.1 Å². The van der Waals surface area contributed by atoms with Crippen LogP contribution in [0.25, 0.3) is 0 Å². The first-order chi connectivity index (χ1) is 19.8. The van der Waals surface area contributed by atoms with Crippen LogP contribution in [0.5, 0.6) is 11.5 Å². The fraction of sp³-hybridized carbons (Fsp3) is 0.333. The number of Topliss-reactive ketones (excluding diaryl/α,β-unsaturated/α-hetero) is 1. The van der Waals surface area contributed by atoms with E-state index in [9.17, 15) is 14.4 Å². The van der Waals surface area contributed by atoms with Crippen molar-refractivity contribution in [3.8, 4) is 11.5 Å². The first-order valence-corrected chi connectivity index (χ1v) is 13.9. The highest BCUT2D eigenvalue weighted by atomic mass is 35.5. The van der Waals surface area contributed by atoms with E-state index < -0.39 is 18.0 Å².